The highest BCUT2D eigenvalue weighted by molar-refractivity contribution is 7.09. The zero-order valence-electron chi connectivity index (χ0n) is 10.9. The molecule has 1 aromatic rings. The molecule has 2 heterocycles. The first kappa shape index (κ1) is 13.7. The molecule has 18 heavy (non-hydrogen) atoms. The summed E-state index contributed by atoms with van der Waals surface area (Å²) in [4.78, 5) is 15.1. The highest BCUT2D eigenvalue weighted by Gasteiger charge is 2.33. The normalized spacial score (nSPS) is 19.0. The molecule has 1 aliphatic rings. The van der Waals surface area contributed by atoms with Crippen LogP contribution in [0.4, 0.5) is 0 Å². The second kappa shape index (κ2) is 6.45. The van der Waals surface area contributed by atoms with Crippen molar-refractivity contribution in [2.24, 2.45) is 5.41 Å². The number of thiophene rings is 1. The maximum Gasteiger partial charge on any atom is 0.127 e. The summed E-state index contributed by atoms with van der Waals surface area (Å²) < 4.78 is 5.35. The van der Waals surface area contributed by atoms with Crippen molar-refractivity contribution in [2.45, 2.75) is 19.3 Å². The number of ether oxygens (including phenoxy) is 1. The van der Waals surface area contributed by atoms with E-state index in [1.807, 2.05) is 0 Å². The minimum atomic E-state index is -0.178. The van der Waals surface area contributed by atoms with Crippen molar-refractivity contribution in [1.29, 1.82) is 0 Å². The van der Waals surface area contributed by atoms with Gasteiger partial charge in [-0.05, 0) is 37.8 Å². The number of aldehydes is 1. The SMILES string of the molecule is CN(CCc1cccs1)CC1(C=O)CCOCC1. The molecule has 0 aromatic carbocycles. The first-order valence-electron chi connectivity index (χ1n) is 6.49. The van der Waals surface area contributed by atoms with Gasteiger partial charge >= 0.3 is 0 Å². The smallest absolute Gasteiger partial charge is 0.127 e. The standard InChI is InChI=1S/C14H21NO2S/c1-15(7-4-13-3-2-10-18-13)11-14(12-16)5-8-17-9-6-14/h2-3,10,12H,4-9,11H2,1H3. The maximum atomic E-state index is 11.4. The van der Waals surface area contributed by atoms with Gasteiger partial charge in [0, 0.05) is 36.6 Å². The number of carbonyl (C=O) groups is 1. The van der Waals surface area contributed by atoms with E-state index in [1.54, 1.807) is 11.3 Å². The number of likely N-dealkylation sites (N-methyl/N-ethyl adjacent to an activating group) is 1. The molecular weight excluding hydrogens is 246 g/mol. The van der Waals surface area contributed by atoms with Gasteiger partial charge in [-0.1, -0.05) is 6.07 Å². The summed E-state index contributed by atoms with van der Waals surface area (Å²) in [5, 5.41) is 2.11. The van der Waals surface area contributed by atoms with Gasteiger partial charge < -0.3 is 14.4 Å². The number of carbonyl (C=O) groups excluding carboxylic acids is 1. The van der Waals surface area contributed by atoms with Gasteiger partial charge in [-0.25, -0.2) is 0 Å². The van der Waals surface area contributed by atoms with Gasteiger partial charge in [0.25, 0.3) is 0 Å². The van der Waals surface area contributed by atoms with E-state index in [9.17, 15) is 4.79 Å². The van der Waals surface area contributed by atoms with Crippen LogP contribution in [0.2, 0.25) is 0 Å². The molecule has 0 saturated carbocycles. The van der Waals surface area contributed by atoms with Crippen LogP contribution >= 0.6 is 11.3 Å². The minimum Gasteiger partial charge on any atom is -0.381 e. The van der Waals surface area contributed by atoms with Gasteiger partial charge in [-0.15, -0.1) is 11.3 Å². The molecule has 1 fully saturated rings. The van der Waals surface area contributed by atoms with Crippen LogP contribution in [0, 0.1) is 5.41 Å². The van der Waals surface area contributed by atoms with Crippen LogP contribution in [0.15, 0.2) is 17.5 Å². The number of rotatable bonds is 6. The summed E-state index contributed by atoms with van der Waals surface area (Å²) >= 11 is 1.80. The molecule has 2 rings (SSSR count). The summed E-state index contributed by atoms with van der Waals surface area (Å²) in [7, 11) is 2.11. The van der Waals surface area contributed by atoms with Crippen molar-refractivity contribution >= 4 is 17.6 Å². The van der Waals surface area contributed by atoms with E-state index < -0.39 is 0 Å². The monoisotopic (exact) mass is 267 g/mol. The van der Waals surface area contributed by atoms with Crippen molar-refractivity contribution in [3.05, 3.63) is 22.4 Å². The van der Waals surface area contributed by atoms with Crippen LogP contribution in [-0.4, -0.2) is 44.5 Å². The molecule has 1 saturated heterocycles. The minimum absolute atomic E-state index is 0.178. The lowest BCUT2D eigenvalue weighted by Gasteiger charge is -2.35. The van der Waals surface area contributed by atoms with Gasteiger partial charge in [-0.2, -0.15) is 0 Å². The van der Waals surface area contributed by atoms with E-state index >= 15 is 0 Å². The Kier molecular flexibility index (Phi) is 4.92. The molecule has 0 bridgehead atoms. The van der Waals surface area contributed by atoms with Gasteiger partial charge in [0.05, 0.1) is 0 Å². The summed E-state index contributed by atoms with van der Waals surface area (Å²) in [6.07, 6.45) is 3.94. The van der Waals surface area contributed by atoms with E-state index in [0.717, 1.165) is 51.9 Å². The Hall–Kier alpha value is -0.710. The lowest BCUT2D eigenvalue weighted by molar-refractivity contribution is -0.122. The second-order valence-corrected chi connectivity index (χ2v) is 6.19. The van der Waals surface area contributed by atoms with Crippen molar-refractivity contribution in [3.8, 4) is 0 Å². The van der Waals surface area contributed by atoms with Gasteiger partial charge in [-0.3, -0.25) is 0 Å². The molecule has 1 aromatic heterocycles. The molecule has 3 nitrogen and oxygen atoms in total. The van der Waals surface area contributed by atoms with Crippen LogP contribution in [0.1, 0.15) is 17.7 Å². The Bertz CT molecular complexity index is 358. The predicted molar refractivity (Wildman–Crippen MR) is 74.1 cm³/mol. The molecule has 0 atom stereocenters. The third-order valence-electron chi connectivity index (χ3n) is 3.64. The van der Waals surface area contributed by atoms with Crippen LogP contribution in [0.3, 0.4) is 0 Å². The Morgan fingerprint density at radius 1 is 1.50 bits per heavy atom. The van der Waals surface area contributed by atoms with Crippen LogP contribution < -0.4 is 0 Å². The Morgan fingerprint density at radius 3 is 2.89 bits per heavy atom. The fraction of sp³-hybridized carbons (Fsp3) is 0.643. The average Bonchev–Trinajstić information content (AvgIpc) is 2.91. The zero-order valence-corrected chi connectivity index (χ0v) is 11.7. The maximum absolute atomic E-state index is 11.4. The molecule has 0 unspecified atom stereocenters. The van der Waals surface area contributed by atoms with E-state index in [2.05, 4.69) is 29.5 Å². The Balaban J connectivity index is 1.81. The molecule has 0 aliphatic carbocycles. The lowest BCUT2D eigenvalue weighted by Crippen LogP contribution is -2.41. The van der Waals surface area contributed by atoms with Crippen LogP contribution in [0.5, 0.6) is 0 Å². The van der Waals surface area contributed by atoms with Crippen LogP contribution in [0.25, 0.3) is 0 Å². The average molecular weight is 267 g/mol. The van der Waals surface area contributed by atoms with E-state index in [-0.39, 0.29) is 5.41 Å². The van der Waals surface area contributed by atoms with Crippen molar-refractivity contribution < 1.29 is 9.53 Å². The van der Waals surface area contributed by atoms with Gasteiger partial charge in [0.2, 0.25) is 0 Å². The summed E-state index contributed by atoms with van der Waals surface area (Å²) in [5.41, 5.74) is -0.178. The molecule has 100 valence electrons. The first-order valence-corrected chi connectivity index (χ1v) is 7.37. The van der Waals surface area contributed by atoms with E-state index in [4.69, 9.17) is 4.74 Å². The second-order valence-electron chi connectivity index (χ2n) is 5.16. The highest BCUT2D eigenvalue weighted by Crippen LogP contribution is 2.28. The predicted octanol–water partition coefficient (Wildman–Crippen LogP) is 2.22. The number of hydrogen-bond acceptors (Lipinski definition) is 4. The van der Waals surface area contributed by atoms with E-state index in [1.165, 1.54) is 4.88 Å². The Labute approximate surface area is 113 Å². The van der Waals surface area contributed by atoms with Crippen LogP contribution in [-0.2, 0) is 16.0 Å². The van der Waals surface area contributed by atoms with Crippen molar-refractivity contribution in [3.63, 3.8) is 0 Å². The fourth-order valence-corrected chi connectivity index (χ4v) is 3.16. The van der Waals surface area contributed by atoms with Gasteiger partial charge in [0.1, 0.15) is 6.29 Å². The molecule has 4 heteroatoms. The zero-order chi connectivity index (χ0) is 12.8. The summed E-state index contributed by atoms with van der Waals surface area (Å²) in [5.74, 6) is 0. The fourth-order valence-electron chi connectivity index (χ4n) is 2.46. The summed E-state index contributed by atoms with van der Waals surface area (Å²) in [6, 6.07) is 4.26. The lowest BCUT2D eigenvalue weighted by atomic mass is 9.81. The molecule has 0 amide bonds. The van der Waals surface area contributed by atoms with Crippen molar-refractivity contribution in [1.82, 2.24) is 4.90 Å². The van der Waals surface area contributed by atoms with Gasteiger partial charge in [0.15, 0.2) is 0 Å². The topological polar surface area (TPSA) is 29.5 Å². The molecule has 0 spiro atoms. The highest BCUT2D eigenvalue weighted by atomic mass is 32.1. The third-order valence-corrected chi connectivity index (χ3v) is 4.58. The van der Waals surface area contributed by atoms with E-state index in [0.29, 0.717) is 0 Å². The number of nitrogens with zero attached hydrogens (tertiary/aromatic N) is 1. The third kappa shape index (κ3) is 3.64. The molecule has 0 N–H and O–H groups in total. The Morgan fingerprint density at radius 2 is 2.28 bits per heavy atom. The largest absolute Gasteiger partial charge is 0.381 e. The number of hydrogen-bond donors (Lipinski definition) is 0. The van der Waals surface area contributed by atoms with Crippen molar-refractivity contribution in [2.75, 3.05) is 33.4 Å². The molecular formula is C14H21NO2S. The summed E-state index contributed by atoms with van der Waals surface area (Å²) in [6.45, 7) is 3.30. The quantitative estimate of drug-likeness (QED) is 0.740. The molecule has 0 radical (unpaired) electrons. The molecule has 1 aliphatic heterocycles. The first-order chi connectivity index (χ1) is 8.74.